The molecule has 0 spiro atoms. The number of hydrogen-bond donors (Lipinski definition) is 2. The first kappa shape index (κ1) is 13.2. The molecule has 6 nitrogen and oxygen atoms in total. The van der Waals surface area contributed by atoms with Crippen LogP contribution in [0.4, 0.5) is 0 Å². The van der Waals surface area contributed by atoms with Crippen LogP contribution in [0.15, 0.2) is 28.8 Å². The van der Waals surface area contributed by atoms with Gasteiger partial charge < -0.3 is 14.7 Å². The van der Waals surface area contributed by atoms with Gasteiger partial charge in [-0.15, -0.1) is 0 Å². The number of hydrogen-bond acceptors (Lipinski definition) is 6. The Morgan fingerprint density at radius 2 is 1.85 bits per heavy atom. The van der Waals surface area contributed by atoms with Gasteiger partial charge in [-0.2, -0.15) is 4.98 Å². The summed E-state index contributed by atoms with van der Waals surface area (Å²) in [7, 11) is 0. The number of aliphatic hydroxyl groups excluding tert-OH is 2. The Hall–Kier alpha value is -1.76. The maximum absolute atomic E-state index is 9.50. The highest BCUT2D eigenvalue weighted by Crippen LogP contribution is 2.18. The number of aromatic nitrogens is 2. The molecule has 2 atom stereocenters. The molecule has 2 heterocycles. The van der Waals surface area contributed by atoms with Gasteiger partial charge in [-0.3, -0.25) is 4.90 Å². The average Bonchev–Trinajstić information content (AvgIpc) is 2.99. The van der Waals surface area contributed by atoms with Crippen molar-refractivity contribution in [1.82, 2.24) is 15.0 Å². The summed E-state index contributed by atoms with van der Waals surface area (Å²) in [5.74, 6) is 1.04. The molecule has 106 valence electrons. The Balaban J connectivity index is 1.69. The van der Waals surface area contributed by atoms with E-state index in [1.54, 1.807) is 0 Å². The molecular weight excluding hydrogens is 258 g/mol. The maximum Gasteiger partial charge on any atom is 0.241 e. The van der Waals surface area contributed by atoms with E-state index in [9.17, 15) is 10.2 Å². The Kier molecular flexibility index (Phi) is 3.52. The highest BCUT2D eigenvalue weighted by atomic mass is 16.5. The van der Waals surface area contributed by atoms with Crippen molar-refractivity contribution >= 4 is 0 Å². The largest absolute Gasteiger partial charge is 0.389 e. The van der Waals surface area contributed by atoms with Crippen molar-refractivity contribution in [3.8, 4) is 11.4 Å². The summed E-state index contributed by atoms with van der Waals surface area (Å²) in [6.45, 7) is 3.30. The Labute approximate surface area is 116 Å². The molecule has 0 amide bonds. The van der Waals surface area contributed by atoms with Crippen LogP contribution in [0.1, 0.15) is 11.5 Å². The molecular formula is C14H17N3O3. The topological polar surface area (TPSA) is 82.6 Å². The first-order chi connectivity index (χ1) is 9.61. The first-order valence-corrected chi connectivity index (χ1v) is 6.60. The third-order valence-electron chi connectivity index (χ3n) is 3.47. The van der Waals surface area contributed by atoms with Crippen LogP contribution in [0.3, 0.4) is 0 Å². The predicted octanol–water partition coefficient (Wildman–Crippen LogP) is 0.582. The summed E-state index contributed by atoms with van der Waals surface area (Å²) in [6, 6.07) is 7.90. The van der Waals surface area contributed by atoms with E-state index < -0.39 is 12.2 Å². The van der Waals surface area contributed by atoms with Crippen molar-refractivity contribution in [2.75, 3.05) is 13.1 Å². The lowest BCUT2D eigenvalue weighted by Gasteiger charge is -2.10. The zero-order valence-corrected chi connectivity index (χ0v) is 11.2. The van der Waals surface area contributed by atoms with Gasteiger partial charge in [0.25, 0.3) is 0 Å². The van der Waals surface area contributed by atoms with E-state index in [-0.39, 0.29) is 0 Å². The zero-order valence-electron chi connectivity index (χ0n) is 11.2. The Bertz CT molecular complexity index is 572. The van der Waals surface area contributed by atoms with Gasteiger partial charge in [0, 0.05) is 18.7 Å². The Morgan fingerprint density at radius 3 is 2.50 bits per heavy atom. The van der Waals surface area contributed by atoms with Gasteiger partial charge in [0.15, 0.2) is 0 Å². The van der Waals surface area contributed by atoms with Crippen LogP contribution in [0.2, 0.25) is 0 Å². The average molecular weight is 275 g/mol. The van der Waals surface area contributed by atoms with Crippen molar-refractivity contribution < 1.29 is 14.7 Å². The van der Waals surface area contributed by atoms with E-state index in [1.807, 2.05) is 36.1 Å². The highest BCUT2D eigenvalue weighted by molar-refractivity contribution is 5.54. The van der Waals surface area contributed by atoms with E-state index >= 15 is 0 Å². The standard InChI is InChI=1S/C14H17N3O3/c1-9-2-4-10(5-3-9)14-15-13(20-16-14)8-17-6-11(18)12(19)7-17/h2-5,11-12,18-19H,6-8H2,1H3/t11-,12+. The second kappa shape index (κ2) is 5.32. The fourth-order valence-electron chi connectivity index (χ4n) is 2.31. The molecule has 0 aliphatic carbocycles. The molecule has 0 saturated carbocycles. The second-order valence-corrected chi connectivity index (χ2v) is 5.21. The smallest absolute Gasteiger partial charge is 0.241 e. The molecule has 2 aromatic rings. The molecule has 0 unspecified atom stereocenters. The summed E-state index contributed by atoms with van der Waals surface area (Å²) >= 11 is 0. The minimum absolute atomic E-state index is 0.420. The molecule has 2 N–H and O–H groups in total. The molecule has 0 radical (unpaired) electrons. The number of nitrogens with zero attached hydrogens (tertiary/aromatic N) is 3. The molecule has 1 aromatic carbocycles. The normalized spacial score (nSPS) is 23.4. The van der Waals surface area contributed by atoms with Crippen LogP contribution < -0.4 is 0 Å². The molecule has 1 saturated heterocycles. The molecule has 3 rings (SSSR count). The minimum atomic E-state index is -0.700. The lowest BCUT2D eigenvalue weighted by molar-refractivity contribution is 0.0572. The van der Waals surface area contributed by atoms with Gasteiger partial charge in [-0.25, -0.2) is 0 Å². The van der Waals surface area contributed by atoms with Gasteiger partial charge in [-0.05, 0) is 6.92 Å². The van der Waals surface area contributed by atoms with Crippen molar-refractivity contribution in [2.24, 2.45) is 0 Å². The van der Waals surface area contributed by atoms with Crippen LogP contribution in [-0.2, 0) is 6.54 Å². The monoisotopic (exact) mass is 275 g/mol. The van der Waals surface area contributed by atoms with Crippen LogP contribution in [0.5, 0.6) is 0 Å². The quantitative estimate of drug-likeness (QED) is 0.852. The maximum atomic E-state index is 9.50. The second-order valence-electron chi connectivity index (χ2n) is 5.21. The van der Waals surface area contributed by atoms with Crippen molar-refractivity contribution in [3.63, 3.8) is 0 Å². The Morgan fingerprint density at radius 1 is 1.20 bits per heavy atom. The lowest BCUT2D eigenvalue weighted by Crippen LogP contribution is -2.22. The number of β-amino-alcohol motifs (C(OH)–C–C–N with tert-alkyl or cyclic N) is 2. The predicted molar refractivity (Wildman–Crippen MR) is 71.8 cm³/mol. The number of likely N-dealkylation sites (tertiary alicyclic amines) is 1. The number of aryl methyl sites for hydroxylation is 1. The summed E-state index contributed by atoms with van der Waals surface area (Å²) in [5.41, 5.74) is 2.09. The molecule has 20 heavy (non-hydrogen) atoms. The van der Waals surface area contributed by atoms with Gasteiger partial charge in [0.2, 0.25) is 11.7 Å². The SMILES string of the molecule is Cc1ccc(-c2noc(CN3C[C@@H](O)[C@@H](O)C3)n2)cc1. The van der Waals surface area contributed by atoms with Crippen LogP contribution in [-0.4, -0.2) is 50.6 Å². The van der Waals surface area contributed by atoms with Crippen LogP contribution in [0.25, 0.3) is 11.4 Å². The molecule has 6 heteroatoms. The summed E-state index contributed by atoms with van der Waals surface area (Å²) in [4.78, 5) is 6.23. The van der Waals surface area contributed by atoms with Crippen LogP contribution >= 0.6 is 0 Å². The van der Waals surface area contributed by atoms with Gasteiger partial charge in [-0.1, -0.05) is 35.0 Å². The van der Waals surface area contributed by atoms with Gasteiger partial charge in [0.05, 0.1) is 18.8 Å². The number of aliphatic hydroxyl groups is 2. The minimum Gasteiger partial charge on any atom is -0.389 e. The van der Waals surface area contributed by atoms with E-state index in [1.165, 1.54) is 5.56 Å². The lowest BCUT2D eigenvalue weighted by atomic mass is 10.1. The van der Waals surface area contributed by atoms with Crippen LogP contribution in [0, 0.1) is 6.92 Å². The number of benzene rings is 1. The zero-order chi connectivity index (χ0) is 14.1. The molecule has 1 aliphatic heterocycles. The van der Waals surface area contributed by atoms with E-state index in [4.69, 9.17) is 4.52 Å². The third kappa shape index (κ3) is 2.72. The third-order valence-corrected chi connectivity index (χ3v) is 3.47. The van der Waals surface area contributed by atoms with Crippen molar-refractivity contribution in [3.05, 3.63) is 35.7 Å². The fraction of sp³-hybridized carbons (Fsp3) is 0.429. The fourth-order valence-corrected chi connectivity index (χ4v) is 2.31. The molecule has 0 bridgehead atoms. The molecule has 1 fully saturated rings. The first-order valence-electron chi connectivity index (χ1n) is 6.60. The summed E-state index contributed by atoms with van der Waals surface area (Å²) < 4.78 is 5.22. The van der Waals surface area contributed by atoms with E-state index in [2.05, 4.69) is 10.1 Å². The summed E-state index contributed by atoms with van der Waals surface area (Å²) in [6.07, 6.45) is -1.40. The molecule has 1 aromatic heterocycles. The van der Waals surface area contributed by atoms with Crippen molar-refractivity contribution in [2.45, 2.75) is 25.7 Å². The van der Waals surface area contributed by atoms with E-state index in [0.717, 1.165) is 5.56 Å². The summed E-state index contributed by atoms with van der Waals surface area (Å²) in [5, 5.41) is 23.0. The van der Waals surface area contributed by atoms with Crippen molar-refractivity contribution in [1.29, 1.82) is 0 Å². The van der Waals surface area contributed by atoms with Gasteiger partial charge in [0.1, 0.15) is 0 Å². The van der Waals surface area contributed by atoms with Gasteiger partial charge >= 0.3 is 0 Å². The van der Waals surface area contributed by atoms with E-state index in [0.29, 0.717) is 31.3 Å². The number of rotatable bonds is 3. The highest BCUT2D eigenvalue weighted by Gasteiger charge is 2.30. The molecule has 1 aliphatic rings.